The fourth-order valence-electron chi connectivity index (χ4n) is 3.26. The van der Waals surface area contributed by atoms with E-state index in [0.29, 0.717) is 17.6 Å². The lowest BCUT2D eigenvalue weighted by molar-refractivity contribution is 0.465. The highest BCUT2D eigenvalue weighted by Gasteiger charge is 2.15. The van der Waals surface area contributed by atoms with Crippen molar-refractivity contribution in [1.82, 2.24) is 0 Å². The molecule has 0 aliphatic heterocycles. The number of aromatic hydroxyl groups is 1. The third-order valence-electron chi connectivity index (χ3n) is 4.84. The lowest BCUT2D eigenvalue weighted by Gasteiger charge is -2.20. The summed E-state index contributed by atoms with van der Waals surface area (Å²) in [5.74, 6) is 1.57. The quantitative estimate of drug-likeness (QED) is 0.524. The minimum absolute atomic E-state index is 0.441. The number of aryl methyl sites for hydroxylation is 1. The highest BCUT2D eigenvalue weighted by atomic mass is 32.2. The van der Waals surface area contributed by atoms with Crippen LogP contribution in [-0.4, -0.2) is 20.0 Å². The van der Waals surface area contributed by atoms with Crippen LogP contribution < -0.4 is 5.19 Å². The number of hydrogen-bond donors (Lipinski definition) is 1. The van der Waals surface area contributed by atoms with Crippen molar-refractivity contribution in [2.24, 2.45) is 0 Å². The van der Waals surface area contributed by atoms with Crippen molar-refractivity contribution >= 4 is 26.5 Å². The molecule has 0 saturated carbocycles. The van der Waals surface area contributed by atoms with Crippen LogP contribution in [0.4, 0.5) is 0 Å². The molecule has 0 amide bonds. The summed E-state index contributed by atoms with van der Waals surface area (Å²) in [6.07, 6.45) is 0. The zero-order valence-electron chi connectivity index (χ0n) is 16.5. The lowest BCUT2D eigenvalue weighted by Crippen LogP contribution is -2.24. The van der Waals surface area contributed by atoms with Crippen LogP contribution in [0.3, 0.4) is 0 Å². The predicted molar refractivity (Wildman–Crippen MR) is 113 cm³/mol. The summed E-state index contributed by atoms with van der Waals surface area (Å²) in [7, 11) is 0.798. The topological polar surface area (TPSA) is 20.2 Å². The fourth-order valence-corrected chi connectivity index (χ4v) is 6.26. The van der Waals surface area contributed by atoms with Crippen LogP contribution in [0.25, 0.3) is 0 Å². The van der Waals surface area contributed by atoms with Crippen LogP contribution in [-0.2, 0) is 0 Å². The lowest BCUT2D eigenvalue weighted by atomic mass is 9.91. The second kappa shape index (κ2) is 8.46. The van der Waals surface area contributed by atoms with Crippen molar-refractivity contribution in [1.29, 1.82) is 0 Å². The molecule has 25 heavy (non-hydrogen) atoms. The molecule has 1 nitrogen and oxygen atoms in total. The zero-order valence-corrected chi connectivity index (χ0v) is 18.3. The van der Waals surface area contributed by atoms with Crippen LogP contribution in [0.15, 0.2) is 29.2 Å². The van der Waals surface area contributed by atoms with E-state index in [0.717, 1.165) is 26.0 Å². The number of phenols is 1. The molecule has 0 aliphatic rings. The maximum absolute atomic E-state index is 10.1. The predicted octanol–water partition coefficient (Wildman–Crippen LogP) is 5.64. The van der Waals surface area contributed by atoms with Crippen molar-refractivity contribution in [2.45, 2.75) is 65.2 Å². The molecule has 2 aromatic carbocycles. The van der Waals surface area contributed by atoms with Gasteiger partial charge >= 0.3 is 0 Å². The first kappa shape index (κ1) is 20.1. The third-order valence-corrected chi connectivity index (χ3v) is 7.54. The molecule has 0 aliphatic carbocycles. The van der Waals surface area contributed by atoms with E-state index < -0.39 is 0 Å². The minimum Gasteiger partial charge on any atom is -0.507 e. The number of phenolic OH excluding ortho intramolecular Hbond substituents is 1. The molecule has 2 aromatic rings. The Morgan fingerprint density at radius 1 is 1.00 bits per heavy atom. The Morgan fingerprint density at radius 2 is 1.68 bits per heavy atom. The number of benzene rings is 2. The molecule has 2 radical (unpaired) electrons. The first-order valence-electron chi connectivity index (χ1n) is 9.03. The summed E-state index contributed by atoms with van der Waals surface area (Å²) < 4.78 is 0. The smallest absolute Gasteiger partial charge is 0.121 e. The summed E-state index contributed by atoms with van der Waals surface area (Å²) in [5, 5.41) is 12.7. The molecule has 0 spiro atoms. The molecule has 3 heteroatoms. The first-order valence-corrected chi connectivity index (χ1v) is 11.2. The standard InChI is InChI=1S/C22H30OSSi/c1-13(2)18-9-8-10-20(21(18)14(3)4)25-12-24-19-11-15(5)22(23)17(7)16(19)6/h8-11,13-14,23H,12H2,1-7H3. The van der Waals surface area contributed by atoms with E-state index >= 15 is 0 Å². The average Bonchev–Trinajstić information content (AvgIpc) is 2.56. The van der Waals surface area contributed by atoms with Crippen molar-refractivity contribution < 1.29 is 5.11 Å². The summed E-state index contributed by atoms with van der Waals surface area (Å²) in [4.78, 5) is 1.30. The van der Waals surface area contributed by atoms with Gasteiger partial charge in [0.15, 0.2) is 0 Å². The van der Waals surface area contributed by atoms with E-state index in [4.69, 9.17) is 0 Å². The van der Waals surface area contributed by atoms with Gasteiger partial charge in [-0.1, -0.05) is 51.1 Å². The van der Waals surface area contributed by atoms with Gasteiger partial charge in [-0.25, -0.2) is 0 Å². The van der Waals surface area contributed by atoms with Crippen LogP contribution in [0.2, 0.25) is 0 Å². The summed E-state index contributed by atoms with van der Waals surface area (Å²) >= 11 is 1.91. The Labute approximate surface area is 160 Å². The van der Waals surface area contributed by atoms with Gasteiger partial charge in [-0.05, 0) is 71.9 Å². The van der Waals surface area contributed by atoms with Crippen LogP contribution in [0, 0.1) is 20.8 Å². The van der Waals surface area contributed by atoms with Crippen molar-refractivity contribution in [3.63, 3.8) is 0 Å². The van der Waals surface area contributed by atoms with Gasteiger partial charge in [-0.3, -0.25) is 0 Å². The highest BCUT2D eigenvalue weighted by Crippen LogP contribution is 2.33. The van der Waals surface area contributed by atoms with E-state index in [-0.39, 0.29) is 0 Å². The second-order valence-corrected chi connectivity index (χ2v) is 10.1. The molecule has 0 fully saturated rings. The van der Waals surface area contributed by atoms with E-state index in [1.165, 1.54) is 21.2 Å². The Bertz CT molecular complexity index is 750. The van der Waals surface area contributed by atoms with E-state index in [9.17, 15) is 5.11 Å². The van der Waals surface area contributed by atoms with Gasteiger partial charge in [0.25, 0.3) is 0 Å². The van der Waals surface area contributed by atoms with Crippen molar-refractivity contribution in [2.75, 3.05) is 5.38 Å². The molecule has 0 atom stereocenters. The van der Waals surface area contributed by atoms with E-state index in [1.54, 1.807) is 5.56 Å². The van der Waals surface area contributed by atoms with Gasteiger partial charge in [0, 0.05) is 4.90 Å². The highest BCUT2D eigenvalue weighted by molar-refractivity contribution is 8.00. The van der Waals surface area contributed by atoms with Crippen molar-refractivity contribution in [3.8, 4) is 5.75 Å². The molecule has 1 N–H and O–H groups in total. The van der Waals surface area contributed by atoms with Crippen LogP contribution in [0.1, 0.15) is 67.3 Å². The maximum Gasteiger partial charge on any atom is 0.121 e. The summed E-state index contributed by atoms with van der Waals surface area (Å²) in [5.41, 5.74) is 6.23. The second-order valence-electron chi connectivity index (χ2n) is 7.37. The van der Waals surface area contributed by atoms with Gasteiger partial charge in [0.1, 0.15) is 5.75 Å². The molecule has 2 rings (SSSR count). The van der Waals surface area contributed by atoms with Gasteiger partial charge in [0.05, 0.1) is 9.52 Å². The monoisotopic (exact) mass is 370 g/mol. The SMILES string of the molecule is Cc1cc(SC[Si]c2cccc(C(C)C)c2C(C)C)c(C)c(C)c1O. The molecular weight excluding hydrogens is 340 g/mol. The summed E-state index contributed by atoms with van der Waals surface area (Å²) in [6, 6.07) is 8.94. The van der Waals surface area contributed by atoms with E-state index in [2.05, 4.69) is 58.9 Å². The third kappa shape index (κ3) is 4.51. The fraction of sp³-hybridized carbons (Fsp3) is 0.455. The van der Waals surface area contributed by atoms with Gasteiger partial charge in [-0.15, -0.1) is 11.8 Å². The number of hydrogen-bond acceptors (Lipinski definition) is 2. The van der Waals surface area contributed by atoms with Crippen LogP contribution >= 0.6 is 11.8 Å². The van der Waals surface area contributed by atoms with Crippen LogP contribution in [0.5, 0.6) is 5.75 Å². The Morgan fingerprint density at radius 3 is 2.28 bits per heavy atom. The Balaban J connectivity index is 2.20. The maximum atomic E-state index is 10.1. The first-order chi connectivity index (χ1) is 11.7. The molecular formula is C22H30OSSi. The van der Waals surface area contributed by atoms with Gasteiger partial charge < -0.3 is 5.11 Å². The molecule has 0 aromatic heterocycles. The number of rotatable bonds is 6. The number of thioether (sulfide) groups is 1. The molecule has 134 valence electrons. The largest absolute Gasteiger partial charge is 0.507 e. The van der Waals surface area contributed by atoms with Crippen molar-refractivity contribution in [3.05, 3.63) is 52.1 Å². The Kier molecular flexibility index (Phi) is 6.81. The molecule has 0 saturated heterocycles. The normalized spacial score (nSPS) is 11.6. The Hall–Kier alpha value is -1.19. The molecule has 0 bridgehead atoms. The van der Waals surface area contributed by atoms with Gasteiger partial charge in [0.2, 0.25) is 0 Å². The minimum atomic E-state index is 0.441. The van der Waals surface area contributed by atoms with E-state index in [1.807, 2.05) is 25.6 Å². The molecule has 0 heterocycles. The average molecular weight is 371 g/mol. The summed E-state index contributed by atoms with van der Waals surface area (Å²) in [6.45, 7) is 15.3. The zero-order chi connectivity index (χ0) is 18.7. The molecule has 0 unspecified atom stereocenters. The van der Waals surface area contributed by atoms with Gasteiger partial charge in [-0.2, -0.15) is 0 Å².